The van der Waals surface area contributed by atoms with Gasteiger partial charge in [-0.05, 0) is 42.0 Å². The van der Waals surface area contributed by atoms with Crippen molar-refractivity contribution in [2.24, 2.45) is 0 Å². The third-order valence-electron chi connectivity index (χ3n) is 3.40. The van der Waals surface area contributed by atoms with Gasteiger partial charge in [0.25, 0.3) is 0 Å². The summed E-state index contributed by atoms with van der Waals surface area (Å²) in [5.41, 5.74) is 2.25. The first-order chi connectivity index (χ1) is 12.5. The molecule has 3 aromatic rings. The van der Waals surface area contributed by atoms with Crippen LogP contribution in [0.1, 0.15) is 19.4 Å². The van der Waals surface area contributed by atoms with Gasteiger partial charge in [0.15, 0.2) is 0 Å². The molecule has 0 amide bonds. The zero-order chi connectivity index (χ0) is 18.5. The molecule has 0 spiro atoms. The van der Waals surface area contributed by atoms with Crippen LogP contribution in [0.15, 0.2) is 52.9 Å². The largest absolute Gasteiger partial charge is 0.461 e. The van der Waals surface area contributed by atoms with Crippen molar-refractivity contribution in [2.75, 3.05) is 0 Å². The summed E-state index contributed by atoms with van der Waals surface area (Å²) in [5.74, 6) is 0.423. The Morgan fingerprint density at radius 1 is 0.923 bits per heavy atom. The standard InChI is InChI=1S/C19H16N2O5/c1-12(22)24-11-14-4-3-5-16(10-14)19-21-20-18(26-19)15-6-8-17(9-7-15)25-13(2)23/h3-10H,11H2,1-2H3. The van der Waals surface area contributed by atoms with Crippen LogP contribution < -0.4 is 4.74 Å². The van der Waals surface area contributed by atoms with Gasteiger partial charge in [-0.2, -0.15) is 0 Å². The monoisotopic (exact) mass is 352 g/mol. The minimum Gasteiger partial charge on any atom is -0.461 e. The molecule has 26 heavy (non-hydrogen) atoms. The topological polar surface area (TPSA) is 91.5 Å². The predicted molar refractivity (Wildman–Crippen MR) is 91.9 cm³/mol. The maximum Gasteiger partial charge on any atom is 0.308 e. The van der Waals surface area contributed by atoms with Crippen LogP contribution in [0, 0.1) is 0 Å². The molecular formula is C19H16N2O5. The van der Waals surface area contributed by atoms with E-state index in [1.54, 1.807) is 24.3 Å². The average molecular weight is 352 g/mol. The lowest BCUT2D eigenvalue weighted by molar-refractivity contribution is -0.142. The van der Waals surface area contributed by atoms with Gasteiger partial charge < -0.3 is 13.9 Å². The lowest BCUT2D eigenvalue weighted by atomic mass is 10.1. The van der Waals surface area contributed by atoms with Gasteiger partial charge in [-0.1, -0.05) is 12.1 Å². The van der Waals surface area contributed by atoms with Crippen molar-refractivity contribution in [3.63, 3.8) is 0 Å². The van der Waals surface area contributed by atoms with Crippen LogP contribution in [0.4, 0.5) is 0 Å². The maximum absolute atomic E-state index is 10.9. The molecule has 0 saturated heterocycles. The Hall–Kier alpha value is -3.48. The number of nitrogens with zero attached hydrogens (tertiary/aromatic N) is 2. The normalized spacial score (nSPS) is 10.4. The van der Waals surface area contributed by atoms with Gasteiger partial charge in [0.2, 0.25) is 11.8 Å². The first kappa shape index (κ1) is 17.3. The second kappa shape index (κ2) is 7.60. The lowest BCUT2D eigenvalue weighted by Crippen LogP contribution is -2.00. The van der Waals surface area contributed by atoms with Gasteiger partial charge in [0, 0.05) is 25.0 Å². The highest BCUT2D eigenvalue weighted by Crippen LogP contribution is 2.26. The average Bonchev–Trinajstić information content (AvgIpc) is 3.10. The molecule has 7 nitrogen and oxygen atoms in total. The fraction of sp³-hybridized carbons (Fsp3) is 0.158. The molecule has 0 unspecified atom stereocenters. The van der Waals surface area contributed by atoms with Crippen LogP contribution in [0.25, 0.3) is 22.9 Å². The Morgan fingerprint density at radius 2 is 1.62 bits per heavy atom. The van der Waals surface area contributed by atoms with Crippen molar-refractivity contribution >= 4 is 11.9 Å². The van der Waals surface area contributed by atoms with E-state index in [9.17, 15) is 9.59 Å². The second-order valence-corrected chi connectivity index (χ2v) is 5.51. The van der Waals surface area contributed by atoms with E-state index >= 15 is 0 Å². The number of aromatic nitrogens is 2. The van der Waals surface area contributed by atoms with Crippen molar-refractivity contribution in [1.29, 1.82) is 0 Å². The number of benzene rings is 2. The minimum atomic E-state index is -0.383. The fourth-order valence-corrected chi connectivity index (χ4v) is 2.27. The van der Waals surface area contributed by atoms with E-state index in [0.29, 0.717) is 23.1 Å². The maximum atomic E-state index is 10.9. The number of hydrogen-bond acceptors (Lipinski definition) is 7. The molecule has 7 heteroatoms. The summed E-state index contributed by atoms with van der Waals surface area (Å²) in [6, 6.07) is 14.1. The number of carbonyl (C=O) groups excluding carboxylic acids is 2. The molecule has 3 rings (SSSR count). The van der Waals surface area contributed by atoms with Crippen LogP contribution in [0.5, 0.6) is 5.75 Å². The summed E-state index contributed by atoms with van der Waals surface area (Å²) in [5, 5.41) is 8.11. The molecule has 0 atom stereocenters. The van der Waals surface area contributed by atoms with Crippen molar-refractivity contribution in [1.82, 2.24) is 10.2 Å². The predicted octanol–water partition coefficient (Wildman–Crippen LogP) is 3.39. The highest BCUT2D eigenvalue weighted by atomic mass is 16.5. The molecule has 132 valence electrons. The molecule has 2 aromatic carbocycles. The van der Waals surface area contributed by atoms with Crippen molar-refractivity contribution in [3.05, 3.63) is 54.1 Å². The minimum absolute atomic E-state index is 0.182. The smallest absolute Gasteiger partial charge is 0.308 e. The van der Waals surface area contributed by atoms with Gasteiger partial charge in [-0.15, -0.1) is 10.2 Å². The highest BCUT2D eigenvalue weighted by molar-refractivity contribution is 5.69. The number of rotatable bonds is 5. The number of carbonyl (C=O) groups is 2. The van der Waals surface area contributed by atoms with E-state index in [1.165, 1.54) is 13.8 Å². The van der Waals surface area contributed by atoms with Gasteiger partial charge in [-0.3, -0.25) is 9.59 Å². The van der Waals surface area contributed by atoms with Crippen LogP contribution in [0.3, 0.4) is 0 Å². The van der Waals surface area contributed by atoms with Gasteiger partial charge in [0.05, 0.1) is 0 Å². The van der Waals surface area contributed by atoms with E-state index in [4.69, 9.17) is 13.9 Å². The first-order valence-electron chi connectivity index (χ1n) is 7.86. The van der Waals surface area contributed by atoms with E-state index < -0.39 is 0 Å². The lowest BCUT2D eigenvalue weighted by Gasteiger charge is -2.03. The molecule has 0 aliphatic heterocycles. The molecule has 1 heterocycles. The molecule has 0 radical (unpaired) electrons. The Kier molecular flexibility index (Phi) is 5.07. The number of ether oxygens (including phenoxy) is 2. The van der Waals surface area contributed by atoms with E-state index in [2.05, 4.69) is 10.2 Å². The van der Waals surface area contributed by atoms with Crippen LogP contribution >= 0.6 is 0 Å². The molecule has 0 bridgehead atoms. The Bertz CT molecular complexity index is 931. The summed E-state index contributed by atoms with van der Waals surface area (Å²) in [6.07, 6.45) is 0. The quantitative estimate of drug-likeness (QED) is 0.513. The van der Waals surface area contributed by atoms with Crippen LogP contribution in [-0.4, -0.2) is 22.1 Å². The summed E-state index contributed by atoms with van der Waals surface area (Å²) in [7, 11) is 0. The number of esters is 2. The Morgan fingerprint density at radius 3 is 2.27 bits per heavy atom. The van der Waals surface area contributed by atoms with Gasteiger partial charge in [-0.25, -0.2) is 0 Å². The van der Waals surface area contributed by atoms with Crippen LogP contribution in [0.2, 0.25) is 0 Å². The second-order valence-electron chi connectivity index (χ2n) is 5.51. The van der Waals surface area contributed by atoms with Crippen molar-refractivity contribution < 1.29 is 23.5 Å². The zero-order valence-corrected chi connectivity index (χ0v) is 14.3. The SMILES string of the molecule is CC(=O)OCc1cccc(-c2nnc(-c3ccc(OC(C)=O)cc3)o2)c1. The molecule has 0 fully saturated rings. The molecular weight excluding hydrogens is 336 g/mol. The van der Waals surface area contributed by atoms with Crippen LogP contribution in [-0.2, 0) is 20.9 Å². The molecule has 1 aromatic heterocycles. The van der Waals surface area contributed by atoms with E-state index in [1.807, 2.05) is 24.3 Å². The van der Waals surface area contributed by atoms with E-state index in [0.717, 1.165) is 11.1 Å². The highest BCUT2D eigenvalue weighted by Gasteiger charge is 2.11. The molecule has 0 N–H and O–H groups in total. The Labute approximate surface area is 149 Å². The summed E-state index contributed by atoms with van der Waals surface area (Å²) >= 11 is 0. The molecule has 0 aliphatic rings. The summed E-state index contributed by atoms with van der Waals surface area (Å²) in [6.45, 7) is 2.89. The van der Waals surface area contributed by atoms with Crippen molar-refractivity contribution in [3.8, 4) is 28.7 Å². The zero-order valence-electron chi connectivity index (χ0n) is 14.3. The third-order valence-corrected chi connectivity index (χ3v) is 3.40. The van der Waals surface area contributed by atoms with Gasteiger partial charge in [0.1, 0.15) is 12.4 Å². The summed E-state index contributed by atoms with van der Waals surface area (Å²) < 4.78 is 15.7. The Balaban J connectivity index is 1.78. The van der Waals surface area contributed by atoms with Gasteiger partial charge >= 0.3 is 11.9 Å². The fourth-order valence-electron chi connectivity index (χ4n) is 2.27. The third kappa shape index (κ3) is 4.32. The number of hydrogen-bond donors (Lipinski definition) is 0. The van der Waals surface area contributed by atoms with Crippen molar-refractivity contribution in [2.45, 2.75) is 20.5 Å². The first-order valence-corrected chi connectivity index (χ1v) is 7.86. The summed E-state index contributed by atoms with van der Waals surface area (Å²) in [4.78, 5) is 21.9. The van der Waals surface area contributed by atoms with E-state index in [-0.39, 0.29) is 18.5 Å². The molecule has 0 aliphatic carbocycles. The molecule has 0 saturated carbocycles.